The number of nitriles is 1. The van der Waals surface area contributed by atoms with Crippen molar-refractivity contribution in [2.45, 2.75) is 59.3 Å². The average Bonchev–Trinajstić information content (AvgIpc) is 2.75. The van der Waals surface area contributed by atoms with Crippen LogP contribution in [0.15, 0.2) is 4.47 Å². The molecule has 116 valence electrons. The zero-order chi connectivity index (χ0) is 15.6. The molecule has 2 rings (SSSR count). The van der Waals surface area contributed by atoms with Gasteiger partial charge < -0.3 is 0 Å². The average molecular weight is 352 g/mol. The molecule has 1 aromatic heterocycles. The van der Waals surface area contributed by atoms with E-state index in [1.165, 1.54) is 18.5 Å². The van der Waals surface area contributed by atoms with E-state index in [1.807, 2.05) is 11.7 Å². The van der Waals surface area contributed by atoms with Gasteiger partial charge >= 0.3 is 0 Å². The van der Waals surface area contributed by atoms with E-state index in [0.717, 1.165) is 47.7 Å². The first-order valence-electron chi connectivity index (χ1n) is 8.04. The molecule has 1 aliphatic rings. The van der Waals surface area contributed by atoms with Gasteiger partial charge in [0.05, 0.1) is 27.3 Å². The van der Waals surface area contributed by atoms with Crippen LogP contribution in [0.3, 0.4) is 0 Å². The summed E-state index contributed by atoms with van der Waals surface area (Å²) in [4.78, 5) is 0. The molecule has 0 atom stereocenters. The molecule has 0 bridgehead atoms. The van der Waals surface area contributed by atoms with Crippen molar-refractivity contribution in [3.8, 4) is 6.07 Å². The van der Waals surface area contributed by atoms with E-state index < -0.39 is 0 Å². The van der Waals surface area contributed by atoms with Crippen molar-refractivity contribution >= 4 is 15.9 Å². The summed E-state index contributed by atoms with van der Waals surface area (Å²) < 4.78 is 3.06. The van der Waals surface area contributed by atoms with Crippen LogP contribution in [0.25, 0.3) is 0 Å². The minimum Gasteiger partial charge on any atom is -0.271 e. The number of halogens is 1. The predicted molar refractivity (Wildman–Crippen MR) is 88.8 cm³/mol. The van der Waals surface area contributed by atoms with E-state index in [1.54, 1.807) is 0 Å². The monoisotopic (exact) mass is 351 g/mol. The van der Waals surface area contributed by atoms with E-state index in [-0.39, 0.29) is 5.41 Å². The number of hydrogen-bond acceptors (Lipinski definition) is 2. The third kappa shape index (κ3) is 3.34. The highest BCUT2D eigenvalue weighted by Gasteiger charge is 2.37. The smallest absolute Gasteiger partial charge is 0.0766 e. The van der Waals surface area contributed by atoms with Gasteiger partial charge in [-0.05, 0) is 59.9 Å². The van der Waals surface area contributed by atoms with E-state index in [4.69, 9.17) is 0 Å². The molecule has 3 nitrogen and oxygen atoms in total. The molecule has 0 aliphatic heterocycles. The lowest BCUT2D eigenvalue weighted by Gasteiger charge is -2.36. The topological polar surface area (TPSA) is 41.6 Å². The fourth-order valence-corrected chi connectivity index (χ4v) is 4.28. The van der Waals surface area contributed by atoms with Gasteiger partial charge in [-0.2, -0.15) is 10.4 Å². The zero-order valence-electron chi connectivity index (χ0n) is 13.6. The van der Waals surface area contributed by atoms with Crippen LogP contribution in [0.5, 0.6) is 0 Å². The first-order valence-corrected chi connectivity index (χ1v) is 8.83. The maximum Gasteiger partial charge on any atom is 0.0766 e. The second-order valence-corrected chi connectivity index (χ2v) is 7.63. The van der Waals surface area contributed by atoms with Gasteiger partial charge in [0.15, 0.2) is 0 Å². The molecule has 1 fully saturated rings. The maximum atomic E-state index is 9.78. The van der Waals surface area contributed by atoms with Crippen molar-refractivity contribution in [2.24, 2.45) is 24.3 Å². The van der Waals surface area contributed by atoms with Gasteiger partial charge in [0.2, 0.25) is 0 Å². The number of hydrogen-bond donors (Lipinski definition) is 0. The highest BCUT2D eigenvalue weighted by molar-refractivity contribution is 9.10. The van der Waals surface area contributed by atoms with Crippen molar-refractivity contribution in [3.05, 3.63) is 15.9 Å². The number of rotatable bonds is 4. The zero-order valence-corrected chi connectivity index (χ0v) is 15.2. The van der Waals surface area contributed by atoms with Gasteiger partial charge in [-0.3, -0.25) is 4.68 Å². The number of aromatic nitrogens is 2. The highest BCUT2D eigenvalue weighted by atomic mass is 79.9. The molecule has 1 heterocycles. The van der Waals surface area contributed by atoms with E-state index in [2.05, 4.69) is 47.9 Å². The van der Waals surface area contributed by atoms with E-state index >= 15 is 0 Å². The third-order valence-electron chi connectivity index (χ3n) is 5.18. The summed E-state index contributed by atoms with van der Waals surface area (Å²) in [6.45, 7) is 6.72. The fourth-order valence-electron chi connectivity index (χ4n) is 3.52. The molecule has 1 aromatic rings. The second kappa shape index (κ2) is 6.52. The van der Waals surface area contributed by atoms with Gasteiger partial charge in [-0.15, -0.1) is 0 Å². The van der Waals surface area contributed by atoms with Crippen LogP contribution in [0.4, 0.5) is 0 Å². The molecule has 21 heavy (non-hydrogen) atoms. The Bertz CT molecular complexity index is 531. The lowest BCUT2D eigenvalue weighted by molar-refractivity contribution is 0.172. The Morgan fingerprint density at radius 3 is 2.48 bits per heavy atom. The summed E-state index contributed by atoms with van der Waals surface area (Å²) in [7, 11) is 1.99. The van der Waals surface area contributed by atoms with E-state index in [0.29, 0.717) is 0 Å². The molecule has 1 aliphatic carbocycles. The predicted octanol–water partition coefficient (Wildman–Crippen LogP) is 4.64. The summed E-state index contributed by atoms with van der Waals surface area (Å²) in [5.74, 6) is 1.52. The maximum absolute atomic E-state index is 9.78. The summed E-state index contributed by atoms with van der Waals surface area (Å²) in [6.07, 6.45) is 6.14. The molecule has 0 N–H and O–H groups in total. The molecule has 0 radical (unpaired) electrons. The second-order valence-electron chi connectivity index (χ2n) is 6.83. The van der Waals surface area contributed by atoms with Crippen LogP contribution in [0.1, 0.15) is 57.8 Å². The van der Waals surface area contributed by atoms with Crippen molar-refractivity contribution in [1.29, 1.82) is 5.26 Å². The lowest BCUT2D eigenvalue weighted by atomic mass is 9.67. The van der Waals surface area contributed by atoms with Crippen molar-refractivity contribution in [3.63, 3.8) is 0 Å². The van der Waals surface area contributed by atoms with Gasteiger partial charge in [-0.25, -0.2) is 0 Å². The summed E-state index contributed by atoms with van der Waals surface area (Å²) in [6, 6.07) is 2.65. The van der Waals surface area contributed by atoms with Crippen molar-refractivity contribution in [1.82, 2.24) is 9.78 Å². The first kappa shape index (κ1) is 16.5. The fraction of sp³-hybridized carbons (Fsp3) is 0.765. The molecule has 4 heteroatoms. The SMILES string of the molecule is CCc1nn(C)c(CC2(C#N)CCC(C(C)C)CC2)c1Br. The summed E-state index contributed by atoms with van der Waals surface area (Å²) in [5.41, 5.74) is 2.07. The number of nitrogens with zero attached hydrogens (tertiary/aromatic N) is 3. The lowest BCUT2D eigenvalue weighted by Crippen LogP contribution is -2.30. The van der Waals surface area contributed by atoms with Gasteiger partial charge in [0.1, 0.15) is 0 Å². The number of aryl methyl sites for hydroxylation is 2. The molecular formula is C17H26BrN3. The highest BCUT2D eigenvalue weighted by Crippen LogP contribution is 2.44. The molecule has 0 amide bonds. The summed E-state index contributed by atoms with van der Waals surface area (Å²) in [5, 5.41) is 14.3. The van der Waals surface area contributed by atoms with Gasteiger partial charge in [0, 0.05) is 13.5 Å². The van der Waals surface area contributed by atoms with E-state index in [9.17, 15) is 5.26 Å². The molecular weight excluding hydrogens is 326 g/mol. The standard InChI is InChI=1S/C17H26BrN3/c1-5-14-16(18)15(21(4)20-14)10-17(11-19)8-6-13(7-9-17)12(2)3/h12-13H,5-10H2,1-4H3. The van der Waals surface area contributed by atoms with Gasteiger partial charge in [0.25, 0.3) is 0 Å². The van der Waals surface area contributed by atoms with Crippen LogP contribution >= 0.6 is 15.9 Å². The Hall–Kier alpha value is -0.820. The molecule has 0 unspecified atom stereocenters. The minimum absolute atomic E-state index is 0.202. The largest absolute Gasteiger partial charge is 0.271 e. The molecule has 0 spiro atoms. The molecule has 1 saturated carbocycles. The first-order chi connectivity index (χ1) is 9.92. The Morgan fingerprint density at radius 2 is 2.05 bits per heavy atom. The van der Waals surface area contributed by atoms with Crippen LogP contribution in [-0.2, 0) is 19.9 Å². The normalized spacial score (nSPS) is 26.0. The van der Waals surface area contributed by atoms with Crippen LogP contribution in [0, 0.1) is 28.6 Å². The van der Waals surface area contributed by atoms with Crippen molar-refractivity contribution < 1.29 is 0 Å². The van der Waals surface area contributed by atoms with Crippen molar-refractivity contribution in [2.75, 3.05) is 0 Å². The molecule has 0 aromatic carbocycles. The Balaban J connectivity index is 2.18. The van der Waals surface area contributed by atoms with Crippen LogP contribution in [0.2, 0.25) is 0 Å². The quantitative estimate of drug-likeness (QED) is 0.792. The molecule has 0 saturated heterocycles. The third-order valence-corrected chi connectivity index (χ3v) is 6.09. The van der Waals surface area contributed by atoms with Crippen LogP contribution in [-0.4, -0.2) is 9.78 Å². The Kier molecular flexibility index (Phi) is 5.14. The summed E-state index contributed by atoms with van der Waals surface area (Å²) >= 11 is 3.68. The van der Waals surface area contributed by atoms with Crippen LogP contribution < -0.4 is 0 Å². The Labute approximate surface area is 136 Å². The minimum atomic E-state index is -0.202. The van der Waals surface area contributed by atoms with Gasteiger partial charge in [-0.1, -0.05) is 20.8 Å². The Morgan fingerprint density at radius 1 is 1.43 bits per heavy atom.